The molecule has 3 aromatic rings. The van der Waals surface area contributed by atoms with Crippen LogP contribution in [0.2, 0.25) is 5.02 Å². The van der Waals surface area contributed by atoms with Gasteiger partial charge in [-0.25, -0.2) is 9.18 Å². The quantitative estimate of drug-likeness (QED) is 0.634. The Morgan fingerprint density at radius 2 is 2.00 bits per heavy atom. The van der Waals surface area contributed by atoms with E-state index in [-0.39, 0.29) is 5.82 Å². The molecule has 0 atom stereocenters. The van der Waals surface area contributed by atoms with Crippen molar-refractivity contribution in [2.45, 2.75) is 6.92 Å². The second kappa shape index (κ2) is 5.97. The van der Waals surface area contributed by atoms with E-state index in [9.17, 15) is 9.18 Å². The number of methoxy groups -OCH3 is 1. The molecule has 0 aliphatic heterocycles. The Hall–Kier alpha value is -2.46. The highest BCUT2D eigenvalue weighted by Gasteiger charge is 2.16. The predicted molar refractivity (Wildman–Crippen MR) is 88.2 cm³/mol. The van der Waals surface area contributed by atoms with Gasteiger partial charge in [0.1, 0.15) is 5.82 Å². The molecule has 116 valence electrons. The van der Waals surface area contributed by atoms with E-state index in [2.05, 4.69) is 4.98 Å². The van der Waals surface area contributed by atoms with Gasteiger partial charge in [0.2, 0.25) is 0 Å². The lowest BCUT2D eigenvalue weighted by molar-refractivity contribution is 0.0601. The lowest BCUT2D eigenvalue weighted by Crippen LogP contribution is -2.01. The smallest absolute Gasteiger partial charge is 0.337 e. The van der Waals surface area contributed by atoms with Crippen molar-refractivity contribution in [1.29, 1.82) is 0 Å². The number of carbonyl (C=O) groups excluding carboxylic acids is 1. The molecule has 2 aromatic carbocycles. The number of hydrogen-bond donors (Lipinski definition) is 0. The molecular weight excluding hydrogens is 317 g/mol. The summed E-state index contributed by atoms with van der Waals surface area (Å²) < 4.78 is 19.1. The second-order valence-electron chi connectivity index (χ2n) is 5.14. The molecular formula is C18H13ClFNO2. The van der Waals surface area contributed by atoms with Crippen molar-refractivity contribution in [2.75, 3.05) is 7.11 Å². The Labute approximate surface area is 137 Å². The summed E-state index contributed by atoms with van der Waals surface area (Å²) in [5.41, 5.74) is 1.96. The van der Waals surface area contributed by atoms with Crippen LogP contribution in [0.15, 0.2) is 42.6 Å². The number of esters is 1. The summed E-state index contributed by atoms with van der Waals surface area (Å²) in [5.74, 6) is -0.840. The number of benzene rings is 2. The summed E-state index contributed by atoms with van der Waals surface area (Å²) in [7, 11) is 1.31. The summed E-state index contributed by atoms with van der Waals surface area (Å²) in [6, 6.07) is 9.80. The van der Waals surface area contributed by atoms with Crippen LogP contribution in [0.25, 0.3) is 22.0 Å². The van der Waals surface area contributed by atoms with Crippen molar-refractivity contribution in [3.8, 4) is 11.3 Å². The minimum absolute atomic E-state index is 0.360. The van der Waals surface area contributed by atoms with Crippen LogP contribution in [0.3, 0.4) is 0 Å². The molecule has 23 heavy (non-hydrogen) atoms. The monoisotopic (exact) mass is 329 g/mol. The van der Waals surface area contributed by atoms with Crippen molar-refractivity contribution in [1.82, 2.24) is 4.98 Å². The van der Waals surface area contributed by atoms with Crippen LogP contribution in [0.4, 0.5) is 4.39 Å². The second-order valence-corrected chi connectivity index (χ2v) is 5.55. The lowest BCUT2D eigenvalue weighted by Gasteiger charge is -2.12. The highest BCUT2D eigenvalue weighted by atomic mass is 35.5. The minimum atomic E-state index is -0.469. The highest BCUT2D eigenvalue weighted by Crippen LogP contribution is 2.34. The number of ether oxygens (including phenoxy) is 1. The Morgan fingerprint density at radius 3 is 2.70 bits per heavy atom. The highest BCUT2D eigenvalue weighted by molar-refractivity contribution is 6.35. The first-order chi connectivity index (χ1) is 11.0. The summed E-state index contributed by atoms with van der Waals surface area (Å²) in [4.78, 5) is 16.1. The standard InChI is InChI=1S/C18H13ClFNO2/c1-10-4-3-5-15(20)16(10)17-13-8-11(18(22)23-2)6-7-12(13)14(19)9-21-17/h3-9H,1-2H3. The van der Waals surface area contributed by atoms with Crippen molar-refractivity contribution in [3.63, 3.8) is 0 Å². The molecule has 0 fully saturated rings. The van der Waals surface area contributed by atoms with E-state index in [4.69, 9.17) is 16.3 Å². The van der Waals surface area contributed by atoms with Gasteiger partial charge in [0.25, 0.3) is 0 Å². The topological polar surface area (TPSA) is 39.2 Å². The van der Waals surface area contributed by atoms with Gasteiger partial charge < -0.3 is 4.74 Å². The first kappa shape index (κ1) is 15.4. The van der Waals surface area contributed by atoms with Gasteiger partial charge >= 0.3 is 5.97 Å². The van der Waals surface area contributed by atoms with E-state index in [1.165, 1.54) is 19.4 Å². The molecule has 0 bridgehead atoms. The zero-order valence-corrected chi connectivity index (χ0v) is 13.3. The van der Waals surface area contributed by atoms with Crippen molar-refractivity contribution >= 4 is 28.3 Å². The minimum Gasteiger partial charge on any atom is -0.465 e. The largest absolute Gasteiger partial charge is 0.465 e. The lowest BCUT2D eigenvalue weighted by atomic mass is 9.98. The van der Waals surface area contributed by atoms with Crippen molar-refractivity contribution in [2.24, 2.45) is 0 Å². The third-order valence-electron chi connectivity index (χ3n) is 3.72. The third kappa shape index (κ3) is 2.66. The fraction of sp³-hybridized carbons (Fsp3) is 0.111. The van der Waals surface area contributed by atoms with E-state index in [0.717, 1.165) is 5.56 Å². The normalized spacial score (nSPS) is 10.8. The van der Waals surface area contributed by atoms with Gasteiger partial charge in [-0.05, 0) is 30.7 Å². The maximum absolute atomic E-state index is 14.3. The molecule has 3 nitrogen and oxygen atoms in total. The maximum Gasteiger partial charge on any atom is 0.337 e. The molecule has 0 spiro atoms. The van der Waals surface area contributed by atoms with E-state index in [0.29, 0.717) is 32.6 Å². The average molecular weight is 330 g/mol. The number of rotatable bonds is 2. The van der Waals surface area contributed by atoms with Gasteiger partial charge in [0, 0.05) is 22.5 Å². The van der Waals surface area contributed by atoms with Gasteiger partial charge in [-0.3, -0.25) is 4.98 Å². The summed E-state index contributed by atoms with van der Waals surface area (Å²) >= 11 is 6.19. The number of aryl methyl sites for hydroxylation is 1. The SMILES string of the molecule is COC(=O)c1ccc2c(Cl)cnc(-c3c(C)cccc3F)c2c1. The van der Waals surface area contributed by atoms with Crippen LogP contribution >= 0.6 is 11.6 Å². The molecule has 0 unspecified atom stereocenters. The predicted octanol–water partition coefficient (Wildman–Crippen LogP) is 4.79. The van der Waals surface area contributed by atoms with Gasteiger partial charge in [-0.2, -0.15) is 0 Å². The molecule has 0 amide bonds. The molecule has 0 saturated heterocycles. The van der Waals surface area contributed by atoms with Crippen LogP contribution < -0.4 is 0 Å². The van der Waals surface area contributed by atoms with Crippen LogP contribution in [0, 0.1) is 12.7 Å². The molecule has 0 aliphatic rings. The van der Waals surface area contributed by atoms with Gasteiger partial charge in [0.05, 0.1) is 23.4 Å². The zero-order valence-electron chi connectivity index (χ0n) is 12.6. The van der Waals surface area contributed by atoms with Crippen molar-refractivity contribution < 1.29 is 13.9 Å². The summed E-state index contributed by atoms with van der Waals surface area (Å²) in [6.45, 7) is 1.81. The fourth-order valence-corrected chi connectivity index (χ4v) is 2.80. The molecule has 0 radical (unpaired) electrons. The molecule has 0 saturated carbocycles. The zero-order chi connectivity index (χ0) is 16.6. The molecule has 1 heterocycles. The average Bonchev–Trinajstić information content (AvgIpc) is 2.55. The van der Waals surface area contributed by atoms with Gasteiger partial charge in [-0.1, -0.05) is 29.8 Å². The van der Waals surface area contributed by atoms with Crippen LogP contribution in [0.1, 0.15) is 15.9 Å². The number of fused-ring (bicyclic) bond motifs is 1. The number of hydrogen-bond acceptors (Lipinski definition) is 3. The number of pyridine rings is 1. The molecule has 3 rings (SSSR count). The molecule has 0 N–H and O–H groups in total. The Kier molecular flexibility index (Phi) is 4.01. The molecule has 5 heteroatoms. The number of nitrogens with zero attached hydrogens (tertiary/aromatic N) is 1. The summed E-state index contributed by atoms with van der Waals surface area (Å²) in [5, 5.41) is 1.75. The molecule has 0 aliphatic carbocycles. The Bertz CT molecular complexity index is 904. The first-order valence-corrected chi connectivity index (χ1v) is 7.32. The van der Waals surface area contributed by atoms with E-state index < -0.39 is 5.97 Å². The van der Waals surface area contributed by atoms with Gasteiger partial charge in [-0.15, -0.1) is 0 Å². The Morgan fingerprint density at radius 1 is 1.22 bits per heavy atom. The Balaban J connectivity index is 2.37. The van der Waals surface area contributed by atoms with Crippen molar-refractivity contribution in [3.05, 3.63) is 64.6 Å². The number of halogens is 2. The van der Waals surface area contributed by atoms with E-state index in [1.54, 1.807) is 24.3 Å². The third-order valence-corrected chi connectivity index (χ3v) is 4.02. The van der Waals surface area contributed by atoms with Crippen LogP contribution in [-0.2, 0) is 4.74 Å². The number of aromatic nitrogens is 1. The summed E-state index contributed by atoms with van der Waals surface area (Å²) in [6.07, 6.45) is 1.49. The fourth-order valence-electron chi connectivity index (χ4n) is 2.58. The maximum atomic E-state index is 14.3. The number of carbonyl (C=O) groups is 1. The van der Waals surface area contributed by atoms with Gasteiger partial charge in [0.15, 0.2) is 0 Å². The van der Waals surface area contributed by atoms with Crippen LogP contribution in [0.5, 0.6) is 0 Å². The van der Waals surface area contributed by atoms with Crippen LogP contribution in [-0.4, -0.2) is 18.1 Å². The van der Waals surface area contributed by atoms with E-state index in [1.807, 2.05) is 13.0 Å². The first-order valence-electron chi connectivity index (χ1n) is 6.95. The molecule has 1 aromatic heterocycles. The van der Waals surface area contributed by atoms with E-state index >= 15 is 0 Å².